The van der Waals surface area contributed by atoms with E-state index < -0.39 is 0 Å². The maximum Gasteiger partial charge on any atom is 0.131 e. The summed E-state index contributed by atoms with van der Waals surface area (Å²) in [6.07, 6.45) is 0.238. The van der Waals surface area contributed by atoms with Crippen molar-refractivity contribution in [1.82, 2.24) is 9.78 Å². The van der Waals surface area contributed by atoms with Gasteiger partial charge in [0.25, 0.3) is 0 Å². The second-order valence-electron chi connectivity index (χ2n) is 4.60. The van der Waals surface area contributed by atoms with Gasteiger partial charge in [-0.2, -0.15) is 5.10 Å². The van der Waals surface area contributed by atoms with Crippen molar-refractivity contribution in [3.05, 3.63) is 11.3 Å². The third-order valence-corrected chi connectivity index (χ3v) is 4.13. The first-order valence-electron chi connectivity index (χ1n) is 6.01. The normalized spacial score (nSPS) is 23.9. The maximum atomic E-state index is 5.48. The molecular weight excluding hydrogens is 298 g/mol. The van der Waals surface area contributed by atoms with Crippen molar-refractivity contribution >= 4 is 21.7 Å². The van der Waals surface area contributed by atoms with Crippen molar-refractivity contribution in [3.63, 3.8) is 0 Å². The molecule has 1 aromatic rings. The zero-order chi connectivity index (χ0) is 13.3. The van der Waals surface area contributed by atoms with Gasteiger partial charge in [-0.25, -0.2) is 0 Å². The fraction of sp³-hybridized carbons (Fsp3) is 0.750. The van der Waals surface area contributed by atoms with Crippen LogP contribution in [-0.2, 0) is 21.9 Å². The van der Waals surface area contributed by atoms with Gasteiger partial charge in [0.15, 0.2) is 0 Å². The molecule has 102 valence electrons. The highest BCUT2D eigenvalue weighted by Gasteiger charge is 2.35. The van der Waals surface area contributed by atoms with Gasteiger partial charge in [0.2, 0.25) is 0 Å². The quantitative estimate of drug-likeness (QED) is 0.788. The van der Waals surface area contributed by atoms with Crippen LogP contribution < -0.4 is 4.90 Å². The highest BCUT2D eigenvalue weighted by Crippen LogP contribution is 2.29. The van der Waals surface area contributed by atoms with Gasteiger partial charge >= 0.3 is 0 Å². The number of aromatic nitrogens is 2. The van der Waals surface area contributed by atoms with Gasteiger partial charge in [0.1, 0.15) is 18.0 Å². The molecule has 0 aromatic carbocycles. The maximum absolute atomic E-state index is 5.48. The minimum absolute atomic E-state index is 0.119. The van der Waals surface area contributed by atoms with Crippen molar-refractivity contribution in [3.8, 4) is 0 Å². The van der Waals surface area contributed by atoms with Crippen molar-refractivity contribution in [1.29, 1.82) is 0 Å². The molecule has 6 heteroatoms. The van der Waals surface area contributed by atoms with Gasteiger partial charge < -0.3 is 14.4 Å². The Morgan fingerprint density at radius 3 is 2.28 bits per heavy atom. The Morgan fingerprint density at radius 2 is 1.83 bits per heavy atom. The lowest BCUT2D eigenvalue weighted by atomic mass is 10.2. The molecule has 1 saturated heterocycles. The average Bonchev–Trinajstić information content (AvgIpc) is 2.88. The van der Waals surface area contributed by atoms with Crippen molar-refractivity contribution < 1.29 is 9.47 Å². The van der Waals surface area contributed by atoms with Gasteiger partial charge in [-0.3, -0.25) is 4.68 Å². The number of hydrogen-bond acceptors (Lipinski definition) is 4. The molecule has 18 heavy (non-hydrogen) atoms. The van der Waals surface area contributed by atoms with Crippen molar-refractivity contribution in [2.24, 2.45) is 7.05 Å². The summed E-state index contributed by atoms with van der Waals surface area (Å²) in [7, 11) is 5.45. The van der Waals surface area contributed by atoms with Crippen LogP contribution in [0.2, 0.25) is 0 Å². The summed E-state index contributed by atoms with van der Waals surface area (Å²) in [5.74, 6) is 1.16. The lowest BCUT2D eigenvalue weighted by Gasteiger charge is -2.19. The molecule has 1 aliphatic heterocycles. The largest absolute Gasteiger partial charge is 0.377 e. The predicted octanol–water partition coefficient (Wildman–Crippen LogP) is 1.47. The Labute approximate surface area is 116 Å². The summed E-state index contributed by atoms with van der Waals surface area (Å²) in [6.45, 7) is 3.72. The highest BCUT2D eigenvalue weighted by atomic mass is 79.9. The molecular formula is C12H20BrN3O2. The van der Waals surface area contributed by atoms with Crippen LogP contribution in [0.4, 0.5) is 5.82 Å². The van der Waals surface area contributed by atoms with Crippen LogP contribution in [-0.4, -0.2) is 49.3 Å². The molecule has 2 rings (SSSR count). The van der Waals surface area contributed by atoms with E-state index in [2.05, 4.69) is 25.9 Å². The standard InChI is InChI=1S/C12H20BrN3O2/c1-8-9(5-13)12(15(2)14-8)16-6-10(17-3)11(7-16)18-4/h10-11H,5-7H2,1-4H3. The molecule has 1 aliphatic rings. The number of halogens is 1. The molecule has 2 unspecified atom stereocenters. The van der Waals surface area contributed by atoms with E-state index in [-0.39, 0.29) is 12.2 Å². The zero-order valence-corrected chi connectivity index (χ0v) is 12.9. The van der Waals surface area contributed by atoms with Crippen LogP contribution in [0.15, 0.2) is 0 Å². The monoisotopic (exact) mass is 317 g/mol. The Balaban J connectivity index is 2.28. The summed E-state index contributed by atoms with van der Waals surface area (Å²) in [5.41, 5.74) is 2.31. The SMILES string of the molecule is COC1CN(c2c(CBr)c(C)nn2C)CC1OC. The minimum Gasteiger partial charge on any atom is -0.377 e. The van der Waals surface area contributed by atoms with Crippen LogP contribution in [0, 0.1) is 6.92 Å². The van der Waals surface area contributed by atoms with Crippen LogP contribution in [0.3, 0.4) is 0 Å². The van der Waals surface area contributed by atoms with E-state index in [1.807, 2.05) is 18.7 Å². The molecule has 0 saturated carbocycles. The van der Waals surface area contributed by atoms with E-state index >= 15 is 0 Å². The van der Waals surface area contributed by atoms with E-state index in [1.165, 1.54) is 5.56 Å². The molecule has 5 nitrogen and oxygen atoms in total. The fourth-order valence-corrected chi connectivity index (χ4v) is 3.27. The number of nitrogens with zero attached hydrogens (tertiary/aromatic N) is 3. The third-order valence-electron chi connectivity index (χ3n) is 3.57. The topological polar surface area (TPSA) is 39.5 Å². The number of methoxy groups -OCH3 is 2. The predicted molar refractivity (Wildman–Crippen MR) is 74.4 cm³/mol. The lowest BCUT2D eigenvalue weighted by Crippen LogP contribution is -2.27. The third kappa shape index (κ3) is 2.29. The van der Waals surface area contributed by atoms with Gasteiger partial charge in [-0.05, 0) is 6.92 Å². The Hall–Kier alpha value is -0.590. The molecule has 0 bridgehead atoms. The molecule has 2 atom stereocenters. The van der Waals surface area contributed by atoms with Crippen LogP contribution in [0.25, 0.3) is 0 Å². The number of ether oxygens (including phenoxy) is 2. The molecule has 0 spiro atoms. The average molecular weight is 318 g/mol. The molecule has 2 heterocycles. The lowest BCUT2D eigenvalue weighted by molar-refractivity contribution is -0.00461. The Morgan fingerprint density at radius 1 is 1.28 bits per heavy atom. The summed E-state index contributed by atoms with van der Waals surface area (Å²) < 4.78 is 12.9. The highest BCUT2D eigenvalue weighted by molar-refractivity contribution is 9.08. The van der Waals surface area contributed by atoms with Gasteiger partial charge in [0.05, 0.1) is 5.69 Å². The fourth-order valence-electron chi connectivity index (χ4n) is 2.61. The first-order chi connectivity index (χ1) is 8.62. The van der Waals surface area contributed by atoms with E-state index in [0.717, 1.165) is 29.9 Å². The van der Waals surface area contributed by atoms with Crippen molar-refractivity contribution in [2.45, 2.75) is 24.5 Å². The first kappa shape index (κ1) is 13.8. The van der Waals surface area contributed by atoms with Crippen molar-refractivity contribution in [2.75, 3.05) is 32.2 Å². The second kappa shape index (κ2) is 5.59. The van der Waals surface area contributed by atoms with Crippen LogP contribution in [0.1, 0.15) is 11.3 Å². The Bertz CT molecular complexity index is 410. The van der Waals surface area contributed by atoms with E-state index in [0.29, 0.717) is 0 Å². The summed E-state index contributed by atoms with van der Waals surface area (Å²) in [5, 5.41) is 5.30. The minimum atomic E-state index is 0.119. The molecule has 1 aromatic heterocycles. The van der Waals surface area contributed by atoms with Gasteiger partial charge in [-0.1, -0.05) is 15.9 Å². The number of hydrogen-bond donors (Lipinski definition) is 0. The van der Waals surface area contributed by atoms with Crippen LogP contribution >= 0.6 is 15.9 Å². The van der Waals surface area contributed by atoms with Crippen LogP contribution in [0.5, 0.6) is 0 Å². The molecule has 0 amide bonds. The number of aryl methyl sites for hydroxylation is 2. The Kier molecular flexibility index (Phi) is 4.29. The van der Waals surface area contributed by atoms with E-state index in [1.54, 1.807) is 14.2 Å². The van der Waals surface area contributed by atoms with Gasteiger partial charge in [0, 0.05) is 45.3 Å². The van der Waals surface area contributed by atoms with E-state index in [4.69, 9.17) is 9.47 Å². The summed E-state index contributed by atoms with van der Waals surface area (Å²) in [6, 6.07) is 0. The summed E-state index contributed by atoms with van der Waals surface area (Å²) in [4.78, 5) is 2.29. The summed E-state index contributed by atoms with van der Waals surface area (Å²) >= 11 is 3.54. The molecule has 0 radical (unpaired) electrons. The second-order valence-corrected chi connectivity index (χ2v) is 5.16. The zero-order valence-electron chi connectivity index (χ0n) is 11.3. The number of alkyl halides is 1. The number of anilines is 1. The van der Waals surface area contributed by atoms with E-state index in [9.17, 15) is 0 Å². The smallest absolute Gasteiger partial charge is 0.131 e. The van der Waals surface area contributed by atoms with Gasteiger partial charge in [-0.15, -0.1) is 0 Å². The molecule has 0 aliphatic carbocycles. The molecule has 0 N–H and O–H groups in total. The first-order valence-corrected chi connectivity index (χ1v) is 7.13. The number of rotatable bonds is 4. The molecule has 1 fully saturated rings.